The fraction of sp³-hybridized carbons (Fsp3) is 0. The largest absolute Gasteiger partial charge is 0.241 e. The van der Waals surface area contributed by atoms with Crippen molar-refractivity contribution in [1.29, 1.82) is 0 Å². The van der Waals surface area contributed by atoms with Gasteiger partial charge >= 0.3 is 0 Å². The summed E-state index contributed by atoms with van der Waals surface area (Å²) >= 11 is 0. The molecule has 0 atom stereocenters. The highest BCUT2D eigenvalue weighted by Crippen LogP contribution is 1.48. The van der Waals surface area contributed by atoms with Crippen LogP contribution >= 0.6 is 0 Å². The summed E-state index contributed by atoms with van der Waals surface area (Å²) in [5.41, 5.74) is 2.38. The molecular weight excluding hydrogens is 110 g/mol. The Hall–Kier alpha value is -0.795. The number of rotatable bonds is 0. The third kappa shape index (κ3) is 1.55. The molecule has 1 aromatic rings. The van der Waals surface area contributed by atoms with Gasteiger partial charge in [-0.15, -0.1) is 0 Å². The first kappa shape index (κ1) is 6.33. The summed E-state index contributed by atoms with van der Waals surface area (Å²) in [5.74, 6) is 0. The molecule has 0 aliphatic heterocycles. The van der Waals surface area contributed by atoms with Gasteiger partial charge in [0.2, 0.25) is 0 Å². The van der Waals surface area contributed by atoms with Gasteiger partial charge in [0.15, 0.2) is 23.5 Å². The Morgan fingerprint density at radius 2 is 0.889 bits per heavy atom. The second-order valence-electron chi connectivity index (χ2n) is 1.98. The number of nitrogens with zero attached hydrogens (tertiary/aromatic N) is 3. The Kier molecular flexibility index (Phi) is 1.55. The van der Waals surface area contributed by atoms with Crippen molar-refractivity contribution in [2.24, 2.45) is 0 Å². The molecule has 42 valence electrons. The minimum absolute atomic E-state index is 0.792. The van der Waals surface area contributed by atoms with E-state index in [4.69, 9.17) is 0 Å². The minimum Gasteiger partial charge on any atom is -0.241 e. The van der Waals surface area contributed by atoms with E-state index in [9.17, 15) is 0 Å². The first-order valence-electron chi connectivity index (χ1n) is 2.84. The van der Waals surface area contributed by atoms with Gasteiger partial charge in [-0.3, -0.25) is 0 Å². The highest BCUT2D eigenvalue weighted by atomic mass is 15.0. The zero-order valence-corrected chi connectivity index (χ0v) is 5.84. The molecule has 1 aromatic heterocycles. The van der Waals surface area contributed by atoms with E-state index >= 15 is 0 Å². The molecule has 0 aliphatic rings. The van der Waals surface area contributed by atoms with Gasteiger partial charge in [0, 0.05) is 0 Å². The lowest BCUT2D eigenvalue weighted by molar-refractivity contribution is 1.19. The van der Waals surface area contributed by atoms with E-state index in [0.29, 0.717) is 0 Å². The van der Waals surface area contributed by atoms with Crippen LogP contribution in [0.15, 0.2) is 0 Å². The molecule has 3 nitrogen and oxygen atoms in total. The van der Waals surface area contributed by atoms with Crippen molar-refractivity contribution in [3.05, 3.63) is 0 Å². The van der Waals surface area contributed by atoms with Gasteiger partial charge < -0.3 is 0 Å². The molecule has 6 heteroatoms. The molecule has 0 saturated carbocycles. The maximum Gasteiger partial charge on any atom is 0.189 e. The highest BCUT2D eigenvalue weighted by molar-refractivity contribution is 6.36. The van der Waals surface area contributed by atoms with Crippen molar-refractivity contribution in [3.8, 4) is 0 Å². The summed E-state index contributed by atoms with van der Waals surface area (Å²) in [6.45, 7) is 0. The lowest BCUT2D eigenvalue weighted by Gasteiger charge is -1.95. The predicted octanol–water partition coefficient (Wildman–Crippen LogP) is -5.35. The zero-order valence-electron chi connectivity index (χ0n) is 5.84. The molecule has 0 aliphatic carbocycles. The van der Waals surface area contributed by atoms with Crippen molar-refractivity contribution in [2.45, 2.75) is 0 Å². The molecular formula is C3H6B3N3. The van der Waals surface area contributed by atoms with Crippen molar-refractivity contribution in [3.63, 3.8) is 0 Å². The van der Waals surface area contributed by atoms with Crippen molar-refractivity contribution in [1.82, 2.24) is 15.0 Å². The van der Waals surface area contributed by atoms with Crippen LogP contribution in [0.1, 0.15) is 0 Å². The average Bonchev–Trinajstić information content (AvgIpc) is 1.59. The summed E-state index contributed by atoms with van der Waals surface area (Å²) in [5, 5.41) is 0. The van der Waals surface area contributed by atoms with Crippen LogP contribution in [-0.4, -0.2) is 38.5 Å². The van der Waals surface area contributed by atoms with Crippen LogP contribution in [0.25, 0.3) is 0 Å². The maximum absolute atomic E-state index is 4.01. The van der Waals surface area contributed by atoms with Crippen LogP contribution in [0.3, 0.4) is 0 Å². The SMILES string of the molecule is Bc1nc(B)nc(B)n1. The minimum atomic E-state index is 0.792. The van der Waals surface area contributed by atoms with Crippen LogP contribution < -0.4 is 17.2 Å². The van der Waals surface area contributed by atoms with Crippen molar-refractivity contribution in [2.75, 3.05) is 0 Å². The Labute approximate surface area is 56.5 Å². The lowest BCUT2D eigenvalue weighted by Crippen LogP contribution is -2.36. The van der Waals surface area contributed by atoms with E-state index in [2.05, 4.69) is 15.0 Å². The highest BCUT2D eigenvalue weighted by Gasteiger charge is 1.91. The van der Waals surface area contributed by atoms with Gasteiger partial charge in [-0.1, -0.05) is 0 Å². The molecule has 0 unspecified atom stereocenters. The molecule has 0 bridgehead atoms. The Morgan fingerprint density at radius 3 is 1.11 bits per heavy atom. The van der Waals surface area contributed by atoms with Gasteiger partial charge in [0.1, 0.15) is 0 Å². The quantitative estimate of drug-likeness (QED) is 0.318. The number of aromatic nitrogens is 3. The lowest BCUT2D eigenvalue weighted by atomic mass is 10.0. The predicted molar refractivity (Wildman–Crippen MR) is 44.4 cm³/mol. The third-order valence-corrected chi connectivity index (χ3v) is 0.971. The van der Waals surface area contributed by atoms with Crippen LogP contribution in [0, 0.1) is 0 Å². The van der Waals surface area contributed by atoms with Crippen molar-refractivity contribution < 1.29 is 0 Å². The monoisotopic (exact) mass is 117 g/mol. The molecule has 0 amide bonds. The van der Waals surface area contributed by atoms with E-state index in [1.54, 1.807) is 0 Å². The van der Waals surface area contributed by atoms with Crippen LogP contribution in [0.5, 0.6) is 0 Å². The average molecular weight is 117 g/mol. The molecule has 0 N–H and O–H groups in total. The summed E-state index contributed by atoms with van der Waals surface area (Å²) in [4.78, 5) is 12.0. The van der Waals surface area contributed by atoms with Gasteiger partial charge in [-0.2, -0.15) is 0 Å². The van der Waals surface area contributed by atoms with Crippen LogP contribution in [0.4, 0.5) is 0 Å². The summed E-state index contributed by atoms with van der Waals surface area (Å²) in [7, 11) is 5.59. The maximum atomic E-state index is 4.01. The molecule has 0 spiro atoms. The Bertz CT molecular complexity index is 175. The first-order chi connectivity index (χ1) is 4.18. The fourth-order valence-corrected chi connectivity index (χ4v) is 0.777. The molecule has 1 heterocycles. The van der Waals surface area contributed by atoms with Crippen molar-refractivity contribution >= 4 is 40.7 Å². The molecule has 0 radical (unpaired) electrons. The van der Waals surface area contributed by atoms with E-state index < -0.39 is 0 Å². The van der Waals surface area contributed by atoms with E-state index in [1.165, 1.54) is 0 Å². The third-order valence-electron chi connectivity index (χ3n) is 0.971. The standard InChI is InChI=1S/C3H6B3N3/c4-1-7-2(5)9-3(6)8-1/h4-6H2. The number of hydrogen-bond donors (Lipinski definition) is 0. The van der Waals surface area contributed by atoms with Gasteiger partial charge in [0.05, 0.1) is 17.2 Å². The fourth-order valence-electron chi connectivity index (χ4n) is 0.777. The van der Waals surface area contributed by atoms with E-state index in [-0.39, 0.29) is 0 Å². The van der Waals surface area contributed by atoms with E-state index in [0.717, 1.165) is 17.2 Å². The van der Waals surface area contributed by atoms with Gasteiger partial charge in [-0.25, -0.2) is 15.0 Å². The first-order valence-corrected chi connectivity index (χ1v) is 2.84. The summed E-state index contributed by atoms with van der Waals surface area (Å²) in [6, 6.07) is 0. The summed E-state index contributed by atoms with van der Waals surface area (Å²) < 4.78 is 0. The second kappa shape index (κ2) is 2.21. The second-order valence-corrected chi connectivity index (χ2v) is 1.98. The zero-order chi connectivity index (χ0) is 6.85. The van der Waals surface area contributed by atoms with Crippen LogP contribution in [-0.2, 0) is 0 Å². The topological polar surface area (TPSA) is 38.7 Å². The molecule has 0 fully saturated rings. The van der Waals surface area contributed by atoms with Gasteiger partial charge in [-0.05, 0) is 0 Å². The Balaban J connectivity index is 3.17. The summed E-state index contributed by atoms with van der Waals surface area (Å²) in [6.07, 6.45) is 0. The van der Waals surface area contributed by atoms with E-state index in [1.807, 2.05) is 23.5 Å². The van der Waals surface area contributed by atoms with Crippen LogP contribution in [0.2, 0.25) is 0 Å². The molecule has 0 aromatic carbocycles. The Morgan fingerprint density at radius 1 is 0.667 bits per heavy atom. The smallest absolute Gasteiger partial charge is 0.189 e. The molecule has 0 saturated heterocycles. The van der Waals surface area contributed by atoms with Gasteiger partial charge in [0.25, 0.3) is 0 Å². The molecule has 1 rings (SSSR count). The number of hydrogen-bond acceptors (Lipinski definition) is 3. The normalized spacial score (nSPS) is 9.33. The molecule has 9 heavy (non-hydrogen) atoms.